The van der Waals surface area contributed by atoms with Gasteiger partial charge >= 0.3 is 0 Å². The van der Waals surface area contributed by atoms with Gasteiger partial charge in [0, 0.05) is 37.3 Å². The number of nitrogens with zero attached hydrogens (tertiary/aromatic N) is 2. The molecule has 21 heavy (non-hydrogen) atoms. The smallest absolute Gasteiger partial charge is 0.124 e. The Morgan fingerprint density at radius 1 is 1.33 bits per heavy atom. The lowest BCUT2D eigenvalue weighted by Gasteiger charge is -2.42. The average Bonchev–Trinajstić information content (AvgIpc) is 2.94. The van der Waals surface area contributed by atoms with Crippen molar-refractivity contribution in [3.63, 3.8) is 0 Å². The van der Waals surface area contributed by atoms with Crippen LogP contribution >= 0.6 is 0 Å². The molecule has 1 aromatic rings. The molecular formula is C18H26N2O. The minimum absolute atomic E-state index is 0.572. The van der Waals surface area contributed by atoms with Crippen molar-refractivity contribution in [1.29, 1.82) is 0 Å². The molecule has 1 aromatic carbocycles. The molecule has 2 aliphatic heterocycles. The van der Waals surface area contributed by atoms with Gasteiger partial charge in [-0.15, -0.1) is 0 Å². The molecule has 0 saturated carbocycles. The topological polar surface area (TPSA) is 15.7 Å². The summed E-state index contributed by atoms with van der Waals surface area (Å²) in [6.45, 7) is 11.3. The molecule has 3 nitrogen and oxygen atoms in total. The molecule has 114 valence electrons. The Bertz CT molecular complexity index is 488. The Morgan fingerprint density at radius 2 is 2.19 bits per heavy atom. The molecule has 0 aliphatic carbocycles. The highest BCUT2D eigenvalue weighted by molar-refractivity contribution is 5.33. The van der Waals surface area contributed by atoms with Gasteiger partial charge in [0.25, 0.3) is 0 Å². The summed E-state index contributed by atoms with van der Waals surface area (Å²) in [5.41, 5.74) is 1.29. The Hall–Kier alpha value is -1.32. The van der Waals surface area contributed by atoms with E-state index >= 15 is 0 Å². The van der Waals surface area contributed by atoms with Crippen molar-refractivity contribution in [3.05, 3.63) is 42.5 Å². The van der Waals surface area contributed by atoms with E-state index in [9.17, 15) is 0 Å². The molecule has 2 aliphatic rings. The SMILES string of the molecule is C=CCOc1ccccc1CN1C[C@H]2CCCN2C[C@H]1C. The first kappa shape index (κ1) is 14.6. The van der Waals surface area contributed by atoms with Crippen molar-refractivity contribution >= 4 is 0 Å². The van der Waals surface area contributed by atoms with E-state index in [-0.39, 0.29) is 0 Å². The number of piperazine rings is 1. The lowest BCUT2D eigenvalue weighted by atomic mass is 10.1. The molecule has 0 unspecified atom stereocenters. The van der Waals surface area contributed by atoms with Crippen molar-refractivity contribution < 1.29 is 4.74 Å². The van der Waals surface area contributed by atoms with Gasteiger partial charge in [0.2, 0.25) is 0 Å². The van der Waals surface area contributed by atoms with Gasteiger partial charge in [-0.25, -0.2) is 0 Å². The Balaban J connectivity index is 1.69. The third kappa shape index (κ3) is 3.30. The highest BCUT2D eigenvalue weighted by Crippen LogP contribution is 2.27. The van der Waals surface area contributed by atoms with Crippen LogP contribution in [-0.4, -0.2) is 48.1 Å². The predicted molar refractivity (Wildman–Crippen MR) is 86.6 cm³/mol. The van der Waals surface area contributed by atoms with Crippen molar-refractivity contribution in [2.24, 2.45) is 0 Å². The summed E-state index contributed by atoms with van der Waals surface area (Å²) >= 11 is 0. The van der Waals surface area contributed by atoms with E-state index < -0.39 is 0 Å². The number of fused-ring (bicyclic) bond motifs is 1. The van der Waals surface area contributed by atoms with Gasteiger partial charge < -0.3 is 4.74 Å². The standard InChI is InChI=1S/C18H26N2O/c1-3-11-21-18-9-5-4-7-16(18)13-20-14-17-8-6-10-19(17)12-15(20)2/h3-5,7,9,15,17H,1,6,8,10-14H2,2H3/t15-,17-/m1/s1. The average molecular weight is 286 g/mol. The molecule has 2 atom stereocenters. The van der Waals surface area contributed by atoms with Gasteiger partial charge in [-0.3, -0.25) is 9.80 Å². The number of ether oxygens (including phenoxy) is 1. The largest absolute Gasteiger partial charge is 0.489 e. The molecule has 3 rings (SSSR count). The summed E-state index contributed by atoms with van der Waals surface area (Å²) in [6, 6.07) is 9.78. The quantitative estimate of drug-likeness (QED) is 0.774. The van der Waals surface area contributed by atoms with Gasteiger partial charge in [0.1, 0.15) is 12.4 Å². The van der Waals surface area contributed by atoms with Crippen LogP contribution < -0.4 is 4.74 Å². The molecule has 2 heterocycles. The Labute approximate surface area is 128 Å². The third-order valence-electron chi connectivity index (χ3n) is 4.77. The fraction of sp³-hybridized carbons (Fsp3) is 0.556. The number of benzene rings is 1. The molecule has 0 aromatic heterocycles. The van der Waals surface area contributed by atoms with Crippen LogP contribution in [0.3, 0.4) is 0 Å². The lowest BCUT2D eigenvalue weighted by Crippen LogP contribution is -2.54. The van der Waals surface area contributed by atoms with E-state index in [0.29, 0.717) is 12.6 Å². The molecule has 2 saturated heterocycles. The van der Waals surface area contributed by atoms with Crippen LogP contribution in [0.15, 0.2) is 36.9 Å². The second-order valence-electron chi connectivity index (χ2n) is 6.28. The summed E-state index contributed by atoms with van der Waals surface area (Å²) in [5.74, 6) is 0.999. The third-order valence-corrected chi connectivity index (χ3v) is 4.77. The molecule has 3 heteroatoms. The Morgan fingerprint density at radius 3 is 3.05 bits per heavy atom. The minimum Gasteiger partial charge on any atom is -0.489 e. The predicted octanol–water partition coefficient (Wildman–Crippen LogP) is 2.92. The highest BCUT2D eigenvalue weighted by atomic mass is 16.5. The maximum Gasteiger partial charge on any atom is 0.124 e. The van der Waals surface area contributed by atoms with E-state index in [1.54, 1.807) is 6.08 Å². The summed E-state index contributed by atoms with van der Waals surface area (Å²) in [7, 11) is 0. The van der Waals surface area contributed by atoms with Gasteiger partial charge in [-0.2, -0.15) is 0 Å². The zero-order valence-electron chi connectivity index (χ0n) is 13.0. The molecule has 0 radical (unpaired) electrons. The second-order valence-corrected chi connectivity index (χ2v) is 6.28. The van der Waals surface area contributed by atoms with Crippen LogP contribution in [0.5, 0.6) is 5.75 Å². The van der Waals surface area contributed by atoms with Crippen LogP contribution in [0.2, 0.25) is 0 Å². The minimum atomic E-state index is 0.572. The Kier molecular flexibility index (Phi) is 4.61. The molecule has 0 N–H and O–H groups in total. The maximum atomic E-state index is 5.79. The number of para-hydroxylation sites is 1. The first-order valence-electron chi connectivity index (χ1n) is 8.07. The zero-order chi connectivity index (χ0) is 14.7. The second kappa shape index (κ2) is 6.63. The van der Waals surface area contributed by atoms with Crippen molar-refractivity contribution in [3.8, 4) is 5.75 Å². The van der Waals surface area contributed by atoms with E-state index in [1.807, 2.05) is 6.07 Å². The van der Waals surface area contributed by atoms with Crippen LogP contribution in [-0.2, 0) is 6.54 Å². The maximum absolute atomic E-state index is 5.79. The molecule has 2 fully saturated rings. The van der Waals surface area contributed by atoms with E-state index in [1.165, 1.54) is 38.0 Å². The van der Waals surface area contributed by atoms with Gasteiger partial charge in [-0.05, 0) is 32.4 Å². The van der Waals surface area contributed by atoms with Crippen molar-refractivity contribution in [1.82, 2.24) is 9.80 Å². The number of hydrogen-bond acceptors (Lipinski definition) is 3. The molecule has 0 spiro atoms. The van der Waals surface area contributed by atoms with Crippen LogP contribution in [0, 0.1) is 0 Å². The molecule has 0 amide bonds. The highest BCUT2D eigenvalue weighted by Gasteiger charge is 2.34. The van der Waals surface area contributed by atoms with Crippen LogP contribution in [0.4, 0.5) is 0 Å². The molecule has 0 bridgehead atoms. The summed E-state index contributed by atoms with van der Waals surface area (Å²) in [5, 5.41) is 0. The monoisotopic (exact) mass is 286 g/mol. The van der Waals surface area contributed by atoms with Gasteiger partial charge in [0.05, 0.1) is 0 Å². The van der Waals surface area contributed by atoms with E-state index in [0.717, 1.165) is 18.3 Å². The lowest BCUT2D eigenvalue weighted by molar-refractivity contribution is 0.0534. The van der Waals surface area contributed by atoms with Crippen LogP contribution in [0.25, 0.3) is 0 Å². The van der Waals surface area contributed by atoms with Gasteiger partial charge in [-0.1, -0.05) is 30.9 Å². The summed E-state index contributed by atoms with van der Waals surface area (Å²) in [6.07, 6.45) is 4.53. The van der Waals surface area contributed by atoms with Crippen LogP contribution in [0.1, 0.15) is 25.3 Å². The molecular weight excluding hydrogens is 260 g/mol. The van der Waals surface area contributed by atoms with E-state index in [4.69, 9.17) is 4.74 Å². The number of rotatable bonds is 5. The van der Waals surface area contributed by atoms with Gasteiger partial charge in [0.15, 0.2) is 0 Å². The first-order valence-corrected chi connectivity index (χ1v) is 8.07. The van der Waals surface area contributed by atoms with Crippen molar-refractivity contribution in [2.75, 3.05) is 26.2 Å². The summed E-state index contributed by atoms with van der Waals surface area (Å²) < 4.78 is 5.79. The van der Waals surface area contributed by atoms with Crippen molar-refractivity contribution in [2.45, 2.75) is 38.4 Å². The first-order chi connectivity index (χ1) is 10.3. The zero-order valence-corrected chi connectivity index (χ0v) is 13.0. The fourth-order valence-electron chi connectivity index (χ4n) is 3.61. The fourth-order valence-corrected chi connectivity index (χ4v) is 3.61. The summed E-state index contributed by atoms with van der Waals surface area (Å²) in [4.78, 5) is 5.28. The van der Waals surface area contributed by atoms with E-state index in [2.05, 4.69) is 41.5 Å². The normalized spacial score (nSPS) is 26.5. The number of hydrogen-bond donors (Lipinski definition) is 0.